The van der Waals surface area contributed by atoms with Crippen molar-refractivity contribution in [3.63, 3.8) is 0 Å². The highest BCUT2D eigenvalue weighted by Gasteiger charge is 2.34. The average Bonchev–Trinajstić information content (AvgIpc) is 2.89. The van der Waals surface area contributed by atoms with Crippen LogP contribution >= 0.6 is 12.4 Å². The third kappa shape index (κ3) is 4.33. The van der Waals surface area contributed by atoms with Crippen molar-refractivity contribution in [2.75, 3.05) is 24.6 Å². The lowest BCUT2D eigenvalue weighted by Crippen LogP contribution is -2.43. The van der Waals surface area contributed by atoms with Crippen molar-refractivity contribution in [3.05, 3.63) is 0 Å². The number of rotatable bonds is 4. The van der Waals surface area contributed by atoms with Gasteiger partial charge in [0.25, 0.3) is 0 Å². The van der Waals surface area contributed by atoms with Gasteiger partial charge < -0.3 is 10.2 Å². The number of hydrogen-bond acceptors (Lipinski definition) is 4. The van der Waals surface area contributed by atoms with Gasteiger partial charge in [-0.2, -0.15) is 0 Å². The van der Waals surface area contributed by atoms with Crippen molar-refractivity contribution < 1.29 is 13.2 Å². The fourth-order valence-corrected chi connectivity index (χ4v) is 4.65. The lowest BCUT2D eigenvalue weighted by molar-refractivity contribution is -0.133. The van der Waals surface area contributed by atoms with Crippen molar-refractivity contribution in [1.29, 1.82) is 0 Å². The van der Waals surface area contributed by atoms with Gasteiger partial charge in [-0.25, -0.2) is 8.42 Å². The van der Waals surface area contributed by atoms with Gasteiger partial charge in [-0.1, -0.05) is 0 Å². The monoisotopic (exact) mass is 310 g/mol. The zero-order chi connectivity index (χ0) is 13.2. The molecule has 2 atom stereocenters. The van der Waals surface area contributed by atoms with Gasteiger partial charge in [-0.3, -0.25) is 4.79 Å². The zero-order valence-electron chi connectivity index (χ0n) is 11.3. The first kappa shape index (κ1) is 16.7. The van der Waals surface area contributed by atoms with E-state index in [0.29, 0.717) is 19.4 Å². The van der Waals surface area contributed by atoms with Gasteiger partial charge in [0, 0.05) is 25.0 Å². The van der Waals surface area contributed by atoms with Gasteiger partial charge in [0.2, 0.25) is 5.91 Å². The first-order valence-electron chi connectivity index (χ1n) is 6.75. The summed E-state index contributed by atoms with van der Waals surface area (Å²) in [6.07, 6.45) is 3.28. The molecule has 0 aromatic heterocycles. The molecule has 5 nitrogen and oxygen atoms in total. The molecule has 2 aliphatic heterocycles. The van der Waals surface area contributed by atoms with Crippen LogP contribution in [0.4, 0.5) is 0 Å². The van der Waals surface area contributed by atoms with Crippen LogP contribution in [0.15, 0.2) is 0 Å². The summed E-state index contributed by atoms with van der Waals surface area (Å²) in [5, 5.41) is 3.31. The van der Waals surface area contributed by atoms with Crippen molar-refractivity contribution in [2.45, 2.75) is 44.7 Å². The second kappa shape index (κ2) is 6.90. The van der Waals surface area contributed by atoms with Crippen LogP contribution in [0.5, 0.6) is 0 Å². The third-order valence-electron chi connectivity index (χ3n) is 3.89. The molecule has 7 heteroatoms. The number of carbonyl (C=O) groups excluding carboxylic acids is 1. The van der Waals surface area contributed by atoms with E-state index in [4.69, 9.17) is 0 Å². The van der Waals surface area contributed by atoms with Crippen LogP contribution in [-0.4, -0.2) is 55.9 Å². The van der Waals surface area contributed by atoms with Crippen LogP contribution in [0.2, 0.25) is 0 Å². The molecule has 112 valence electrons. The normalized spacial score (nSPS) is 28.9. The van der Waals surface area contributed by atoms with Crippen LogP contribution in [0, 0.1) is 0 Å². The van der Waals surface area contributed by atoms with E-state index in [9.17, 15) is 13.2 Å². The summed E-state index contributed by atoms with van der Waals surface area (Å²) >= 11 is 0. The van der Waals surface area contributed by atoms with E-state index < -0.39 is 9.84 Å². The molecule has 0 aliphatic carbocycles. The van der Waals surface area contributed by atoms with Gasteiger partial charge in [0.15, 0.2) is 9.84 Å². The minimum atomic E-state index is -2.92. The van der Waals surface area contributed by atoms with Crippen molar-refractivity contribution in [2.24, 2.45) is 0 Å². The summed E-state index contributed by atoms with van der Waals surface area (Å²) in [6.45, 7) is 3.51. The molecule has 19 heavy (non-hydrogen) atoms. The summed E-state index contributed by atoms with van der Waals surface area (Å²) in [6, 6.07) is 0.179. The molecule has 2 aliphatic rings. The fraction of sp³-hybridized carbons (Fsp3) is 0.917. The molecule has 2 rings (SSSR count). The van der Waals surface area contributed by atoms with E-state index in [1.807, 2.05) is 6.92 Å². The maximum atomic E-state index is 12.2. The summed E-state index contributed by atoms with van der Waals surface area (Å²) in [5.74, 6) is 0.465. The second-order valence-electron chi connectivity index (χ2n) is 5.23. The molecular formula is C12H23ClN2O3S. The van der Waals surface area contributed by atoms with E-state index in [2.05, 4.69) is 5.32 Å². The van der Waals surface area contributed by atoms with Crippen LogP contribution in [0.3, 0.4) is 0 Å². The van der Waals surface area contributed by atoms with E-state index >= 15 is 0 Å². The molecule has 0 spiro atoms. The summed E-state index contributed by atoms with van der Waals surface area (Å²) in [4.78, 5) is 14.0. The number of sulfone groups is 1. The zero-order valence-corrected chi connectivity index (χ0v) is 12.9. The molecule has 0 aromatic rings. The van der Waals surface area contributed by atoms with Crippen LogP contribution in [0.1, 0.15) is 32.6 Å². The maximum Gasteiger partial charge on any atom is 0.224 e. The largest absolute Gasteiger partial charge is 0.339 e. The Morgan fingerprint density at radius 3 is 2.58 bits per heavy atom. The fourth-order valence-electron chi connectivity index (χ4n) is 2.92. The van der Waals surface area contributed by atoms with Crippen LogP contribution in [0.25, 0.3) is 0 Å². The molecule has 1 N–H and O–H groups in total. The molecular weight excluding hydrogens is 288 g/mol. The molecule has 2 unspecified atom stereocenters. The summed E-state index contributed by atoms with van der Waals surface area (Å²) < 4.78 is 23.0. The highest BCUT2D eigenvalue weighted by Crippen LogP contribution is 2.19. The Bertz CT molecular complexity index is 407. The lowest BCUT2D eigenvalue weighted by atomic mass is 10.1. The number of nitrogens with zero attached hydrogens (tertiary/aromatic N) is 1. The van der Waals surface area contributed by atoms with Gasteiger partial charge in [-0.15, -0.1) is 12.4 Å². The molecule has 0 aromatic carbocycles. The van der Waals surface area contributed by atoms with Gasteiger partial charge >= 0.3 is 0 Å². The first-order chi connectivity index (χ1) is 8.52. The first-order valence-corrected chi connectivity index (χ1v) is 8.57. The highest BCUT2D eigenvalue weighted by molar-refractivity contribution is 7.91. The maximum absolute atomic E-state index is 12.2. The molecule has 2 fully saturated rings. The molecule has 0 bridgehead atoms. The molecule has 0 radical (unpaired) electrons. The molecule has 2 heterocycles. The van der Waals surface area contributed by atoms with Gasteiger partial charge in [0.1, 0.15) is 0 Å². The third-order valence-corrected chi connectivity index (χ3v) is 5.64. The Labute approximate surface area is 121 Å². The number of halogens is 1. The van der Waals surface area contributed by atoms with Crippen LogP contribution < -0.4 is 5.32 Å². The molecule has 0 saturated carbocycles. The smallest absolute Gasteiger partial charge is 0.224 e. The standard InChI is InChI=1S/C12H22N2O3S.ClH/c1-2-14(11-5-7-18(16,17)9-11)12(15)8-10-4-3-6-13-10;/h10-11,13H,2-9H2,1H3;1H. The number of nitrogens with one attached hydrogen (secondary N) is 1. The molecule has 2 saturated heterocycles. The number of carbonyl (C=O) groups is 1. The van der Waals surface area contributed by atoms with Gasteiger partial charge in [-0.05, 0) is 32.7 Å². The van der Waals surface area contributed by atoms with Crippen molar-refractivity contribution in [1.82, 2.24) is 10.2 Å². The lowest BCUT2D eigenvalue weighted by Gasteiger charge is -2.28. The Hall–Kier alpha value is -0.330. The summed E-state index contributed by atoms with van der Waals surface area (Å²) in [5.41, 5.74) is 0. The van der Waals surface area contributed by atoms with Gasteiger partial charge in [0.05, 0.1) is 11.5 Å². The highest BCUT2D eigenvalue weighted by atomic mass is 35.5. The number of hydrogen-bond donors (Lipinski definition) is 1. The quantitative estimate of drug-likeness (QED) is 0.825. The van der Waals surface area contributed by atoms with Crippen molar-refractivity contribution in [3.8, 4) is 0 Å². The topological polar surface area (TPSA) is 66.5 Å². The van der Waals surface area contributed by atoms with Crippen molar-refractivity contribution >= 4 is 28.2 Å². The average molecular weight is 311 g/mol. The minimum absolute atomic E-state index is 0. The Kier molecular flexibility index (Phi) is 6.08. The Morgan fingerprint density at radius 1 is 1.37 bits per heavy atom. The van der Waals surface area contributed by atoms with E-state index in [-0.39, 0.29) is 41.9 Å². The predicted molar refractivity (Wildman–Crippen MR) is 77.3 cm³/mol. The van der Waals surface area contributed by atoms with E-state index in [1.165, 1.54) is 0 Å². The summed E-state index contributed by atoms with van der Waals surface area (Å²) in [7, 11) is -2.92. The van der Waals surface area contributed by atoms with E-state index in [0.717, 1.165) is 19.4 Å². The SMILES string of the molecule is CCN(C(=O)CC1CCCN1)C1CCS(=O)(=O)C1.Cl. The van der Waals surface area contributed by atoms with E-state index in [1.54, 1.807) is 4.90 Å². The Morgan fingerprint density at radius 2 is 2.11 bits per heavy atom. The Balaban J connectivity index is 0.00000180. The molecule has 1 amide bonds. The predicted octanol–water partition coefficient (Wildman–Crippen LogP) is 0.586. The van der Waals surface area contributed by atoms with Crippen LogP contribution in [-0.2, 0) is 14.6 Å². The number of amides is 1. The minimum Gasteiger partial charge on any atom is -0.339 e. The second-order valence-corrected chi connectivity index (χ2v) is 7.46.